The van der Waals surface area contributed by atoms with E-state index in [1.54, 1.807) is 0 Å². The van der Waals surface area contributed by atoms with Crippen molar-refractivity contribution in [2.24, 2.45) is 0 Å². The molecular formula is C22H14Cl3N3O6S. The van der Waals surface area contributed by atoms with E-state index >= 15 is 0 Å². The van der Waals surface area contributed by atoms with Gasteiger partial charge in [0.15, 0.2) is 0 Å². The molecule has 0 radical (unpaired) electrons. The summed E-state index contributed by atoms with van der Waals surface area (Å²) in [5.41, 5.74) is -2.48. The minimum Gasteiger partial charge on any atom is -0.478 e. The molecule has 0 aliphatic rings. The number of hydrogen-bond donors (Lipinski definition) is 2. The van der Waals surface area contributed by atoms with Crippen LogP contribution in [0, 0.1) is 0 Å². The molecule has 2 N–H and O–H groups in total. The number of carboxylic acid groups (broad SMARTS) is 1. The Kier molecular flexibility index (Phi) is 6.65. The molecule has 35 heavy (non-hydrogen) atoms. The van der Waals surface area contributed by atoms with E-state index in [9.17, 15) is 27.9 Å². The van der Waals surface area contributed by atoms with E-state index in [0.29, 0.717) is 9.59 Å². The number of nitrogens with one attached hydrogen (secondary N) is 1. The number of halogens is 3. The van der Waals surface area contributed by atoms with Crippen molar-refractivity contribution in [2.45, 2.75) is 11.1 Å². The normalized spacial score (nSPS) is 12.4. The van der Waals surface area contributed by atoms with E-state index in [2.05, 4.69) is 5.32 Å². The van der Waals surface area contributed by atoms with Gasteiger partial charge in [0.1, 0.15) is 0 Å². The SMILES string of the molecule is O=C(O)C(Nc1ccc(Cl)cc1)n1c(=O)n(S(=O)(=O)c2ccc(Cl)cc2)c(=O)c2ccc(Cl)cc21. The van der Waals surface area contributed by atoms with Gasteiger partial charge in [0.2, 0.25) is 6.17 Å². The van der Waals surface area contributed by atoms with Crippen LogP contribution < -0.4 is 16.6 Å². The third kappa shape index (κ3) is 4.65. The third-order valence-electron chi connectivity index (χ3n) is 5.01. The smallest absolute Gasteiger partial charge is 0.348 e. The molecule has 180 valence electrons. The fraction of sp³-hybridized carbons (Fsp3) is 0.0455. The predicted octanol–water partition coefficient (Wildman–Crippen LogP) is 4.06. The van der Waals surface area contributed by atoms with Crippen LogP contribution in [-0.2, 0) is 14.8 Å². The standard InChI is InChI=1S/C22H14Cl3N3O6S/c23-12-1-6-15(7-2-12)26-19(21(30)31)27-18-11-14(25)5-10-17(18)20(29)28(22(27)32)35(33,34)16-8-3-13(24)4-9-16/h1-11,19,26H,(H,30,31). The van der Waals surface area contributed by atoms with Crippen LogP contribution in [0.3, 0.4) is 0 Å². The Bertz CT molecular complexity index is 1680. The van der Waals surface area contributed by atoms with E-state index in [4.69, 9.17) is 34.8 Å². The van der Waals surface area contributed by atoms with Crippen molar-refractivity contribution in [2.75, 3.05) is 5.32 Å². The molecule has 4 aromatic rings. The Balaban J connectivity index is 2.06. The molecule has 0 aliphatic heterocycles. The summed E-state index contributed by atoms with van der Waals surface area (Å²) < 4.78 is 27.3. The molecule has 1 atom stereocenters. The molecule has 1 heterocycles. The fourth-order valence-electron chi connectivity index (χ4n) is 3.40. The second-order valence-electron chi connectivity index (χ2n) is 7.23. The number of nitrogens with zero attached hydrogens (tertiary/aromatic N) is 2. The number of benzene rings is 3. The third-order valence-corrected chi connectivity index (χ3v) is 7.42. The van der Waals surface area contributed by atoms with Gasteiger partial charge in [0, 0.05) is 20.8 Å². The first-order valence-corrected chi connectivity index (χ1v) is 12.3. The number of aromatic nitrogens is 2. The van der Waals surface area contributed by atoms with E-state index in [0.717, 1.165) is 12.1 Å². The monoisotopic (exact) mass is 553 g/mol. The molecule has 0 spiro atoms. The Hall–Kier alpha value is -3.31. The van der Waals surface area contributed by atoms with Crippen molar-refractivity contribution in [3.8, 4) is 0 Å². The average Bonchev–Trinajstić information content (AvgIpc) is 2.79. The number of fused-ring (bicyclic) bond motifs is 1. The largest absolute Gasteiger partial charge is 0.478 e. The summed E-state index contributed by atoms with van der Waals surface area (Å²) in [6, 6.07) is 14.5. The number of anilines is 1. The Morgan fingerprint density at radius 3 is 1.97 bits per heavy atom. The van der Waals surface area contributed by atoms with Crippen LogP contribution in [0.4, 0.5) is 5.69 Å². The lowest BCUT2D eigenvalue weighted by Gasteiger charge is -2.22. The summed E-state index contributed by atoms with van der Waals surface area (Å²) in [6.07, 6.45) is -1.82. The van der Waals surface area contributed by atoms with E-state index in [1.165, 1.54) is 54.6 Å². The summed E-state index contributed by atoms with van der Waals surface area (Å²) in [5.74, 6) is -1.53. The van der Waals surface area contributed by atoms with Crippen molar-refractivity contribution in [3.05, 3.63) is 103 Å². The lowest BCUT2D eigenvalue weighted by Crippen LogP contribution is -2.47. The highest BCUT2D eigenvalue weighted by Crippen LogP contribution is 2.23. The second-order valence-corrected chi connectivity index (χ2v) is 10.3. The summed E-state index contributed by atoms with van der Waals surface area (Å²) in [4.78, 5) is 38.6. The summed E-state index contributed by atoms with van der Waals surface area (Å²) >= 11 is 17.8. The first-order valence-electron chi connectivity index (χ1n) is 9.73. The van der Waals surface area contributed by atoms with Gasteiger partial charge in [-0.3, -0.25) is 9.36 Å². The maximum Gasteiger partial charge on any atom is 0.348 e. The number of carboxylic acids is 1. The van der Waals surface area contributed by atoms with Gasteiger partial charge in [0.05, 0.1) is 15.8 Å². The van der Waals surface area contributed by atoms with Crippen molar-refractivity contribution >= 4 is 67.4 Å². The quantitative estimate of drug-likeness (QED) is 0.368. The Morgan fingerprint density at radius 2 is 1.40 bits per heavy atom. The molecule has 0 saturated heterocycles. The molecule has 3 aromatic carbocycles. The van der Waals surface area contributed by atoms with Gasteiger partial charge in [-0.2, -0.15) is 0 Å². The van der Waals surface area contributed by atoms with E-state index in [1.807, 2.05) is 0 Å². The van der Waals surface area contributed by atoms with Gasteiger partial charge in [-0.15, -0.1) is 3.97 Å². The van der Waals surface area contributed by atoms with Crippen LogP contribution in [0.2, 0.25) is 15.1 Å². The van der Waals surface area contributed by atoms with Crippen LogP contribution in [-0.4, -0.2) is 28.0 Å². The number of carbonyl (C=O) groups is 1. The van der Waals surface area contributed by atoms with Crippen LogP contribution in [0.25, 0.3) is 10.9 Å². The number of aliphatic carboxylic acids is 1. The molecule has 13 heteroatoms. The summed E-state index contributed by atoms with van der Waals surface area (Å²) in [7, 11) is -4.74. The highest BCUT2D eigenvalue weighted by molar-refractivity contribution is 7.90. The first kappa shape index (κ1) is 24.8. The lowest BCUT2D eigenvalue weighted by atomic mass is 10.2. The van der Waals surface area contributed by atoms with Crippen LogP contribution in [0.15, 0.2) is 81.2 Å². The minimum absolute atomic E-state index is 0.0198. The highest BCUT2D eigenvalue weighted by atomic mass is 35.5. The van der Waals surface area contributed by atoms with Gasteiger partial charge >= 0.3 is 11.7 Å². The Labute approximate surface area is 212 Å². The van der Waals surface area contributed by atoms with Crippen molar-refractivity contribution in [1.29, 1.82) is 0 Å². The summed E-state index contributed by atoms with van der Waals surface area (Å²) in [5, 5.41) is 13.1. The number of hydrogen-bond acceptors (Lipinski definition) is 6. The van der Waals surface area contributed by atoms with Gasteiger partial charge < -0.3 is 10.4 Å². The zero-order valence-corrected chi connectivity index (χ0v) is 20.4. The second kappa shape index (κ2) is 9.38. The van der Waals surface area contributed by atoms with Crippen LogP contribution in [0.1, 0.15) is 6.17 Å². The molecular weight excluding hydrogens is 541 g/mol. The van der Waals surface area contributed by atoms with Gasteiger partial charge in [-0.25, -0.2) is 18.0 Å². The molecule has 0 bridgehead atoms. The zero-order chi connectivity index (χ0) is 25.5. The maximum absolute atomic E-state index is 13.5. The zero-order valence-electron chi connectivity index (χ0n) is 17.4. The molecule has 9 nitrogen and oxygen atoms in total. The molecule has 0 aliphatic carbocycles. The molecule has 1 aromatic heterocycles. The molecule has 0 saturated carbocycles. The van der Waals surface area contributed by atoms with E-state index < -0.39 is 38.3 Å². The molecule has 0 amide bonds. The maximum atomic E-state index is 13.5. The van der Waals surface area contributed by atoms with Gasteiger partial charge in [-0.05, 0) is 66.7 Å². The van der Waals surface area contributed by atoms with Crippen molar-refractivity contribution in [1.82, 2.24) is 8.54 Å². The molecule has 1 unspecified atom stereocenters. The number of rotatable bonds is 6. The van der Waals surface area contributed by atoms with Crippen molar-refractivity contribution in [3.63, 3.8) is 0 Å². The summed E-state index contributed by atoms with van der Waals surface area (Å²) in [6.45, 7) is 0. The lowest BCUT2D eigenvalue weighted by molar-refractivity contribution is -0.140. The molecule has 4 rings (SSSR count). The minimum atomic E-state index is -4.74. The van der Waals surface area contributed by atoms with Crippen molar-refractivity contribution < 1.29 is 18.3 Å². The Morgan fingerprint density at radius 1 is 0.857 bits per heavy atom. The topological polar surface area (TPSA) is 127 Å². The van der Waals surface area contributed by atoms with Crippen LogP contribution in [0.5, 0.6) is 0 Å². The highest BCUT2D eigenvalue weighted by Gasteiger charge is 2.30. The predicted molar refractivity (Wildman–Crippen MR) is 133 cm³/mol. The van der Waals surface area contributed by atoms with Gasteiger partial charge in [-0.1, -0.05) is 34.8 Å². The fourth-order valence-corrected chi connectivity index (χ4v) is 5.12. The molecule has 0 fully saturated rings. The van der Waals surface area contributed by atoms with Gasteiger partial charge in [0.25, 0.3) is 15.6 Å². The van der Waals surface area contributed by atoms with Crippen LogP contribution >= 0.6 is 34.8 Å². The average molecular weight is 555 g/mol. The first-order chi connectivity index (χ1) is 16.5. The van der Waals surface area contributed by atoms with E-state index in [-0.39, 0.29) is 30.6 Å².